The van der Waals surface area contributed by atoms with Crippen LogP contribution in [0, 0.1) is 28.4 Å². The Balaban J connectivity index is 1.68. The molecule has 1 saturated heterocycles. The average Bonchev–Trinajstić information content (AvgIpc) is 2.82. The summed E-state index contributed by atoms with van der Waals surface area (Å²) in [7, 11) is 0. The van der Waals surface area contributed by atoms with Gasteiger partial charge in [-0.25, -0.2) is 4.98 Å². The van der Waals surface area contributed by atoms with Gasteiger partial charge in [0.2, 0.25) is 5.82 Å². The Labute approximate surface area is 135 Å². The van der Waals surface area contributed by atoms with Gasteiger partial charge >= 0.3 is 5.69 Å². The molecule has 3 rings (SSSR count). The number of aromatic nitrogens is 1. The number of anilines is 1. The number of rotatable bonds is 4. The normalized spacial score (nSPS) is 26.3. The van der Waals surface area contributed by atoms with Crippen LogP contribution in [0.15, 0.2) is 12.3 Å². The fraction of sp³-hybridized carbons (Fsp3) is 0.688. The lowest BCUT2D eigenvalue weighted by Crippen LogP contribution is -2.40. The highest BCUT2D eigenvalue weighted by molar-refractivity contribution is 5.59. The summed E-state index contributed by atoms with van der Waals surface area (Å²) in [6.45, 7) is 3.62. The minimum Gasteiger partial charge on any atom is -0.392 e. The van der Waals surface area contributed by atoms with Crippen LogP contribution < -0.4 is 5.32 Å². The van der Waals surface area contributed by atoms with Crippen molar-refractivity contribution in [3.05, 3.63) is 27.9 Å². The van der Waals surface area contributed by atoms with Crippen molar-refractivity contribution >= 4 is 11.5 Å². The van der Waals surface area contributed by atoms with Crippen LogP contribution in [0.5, 0.6) is 0 Å². The van der Waals surface area contributed by atoms with Crippen molar-refractivity contribution in [2.24, 2.45) is 11.3 Å². The van der Waals surface area contributed by atoms with E-state index >= 15 is 0 Å². The summed E-state index contributed by atoms with van der Waals surface area (Å²) in [4.78, 5) is 14.9. The second-order valence-corrected chi connectivity index (χ2v) is 6.68. The van der Waals surface area contributed by atoms with E-state index in [0.717, 1.165) is 25.7 Å². The molecular weight excluding hydrogens is 298 g/mol. The summed E-state index contributed by atoms with van der Waals surface area (Å²) in [6.07, 6.45) is 4.89. The molecule has 1 aromatic rings. The maximum absolute atomic E-state index is 11.2. The molecule has 1 aliphatic heterocycles. The lowest BCUT2D eigenvalue weighted by atomic mass is 9.76. The third-order valence-electron chi connectivity index (χ3n) is 5.42. The summed E-state index contributed by atoms with van der Waals surface area (Å²) >= 11 is 0. The summed E-state index contributed by atoms with van der Waals surface area (Å²) in [6, 6.07) is 1.63. The van der Waals surface area contributed by atoms with Gasteiger partial charge in [0, 0.05) is 42.9 Å². The molecule has 0 radical (unpaired) electrons. The Morgan fingerprint density at radius 2 is 2.22 bits per heavy atom. The maximum atomic E-state index is 11.2. The van der Waals surface area contributed by atoms with Gasteiger partial charge in [-0.3, -0.25) is 10.1 Å². The highest BCUT2D eigenvalue weighted by atomic mass is 16.6. The number of pyridine rings is 1. The van der Waals surface area contributed by atoms with Crippen LogP contribution in [0.2, 0.25) is 0 Å². The molecule has 7 nitrogen and oxygen atoms in total. The van der Waals surface area contributed by atoms with E-state index < -0.39 is 4.92 Å². The molecule has 1 spiro atoms. The Kier molecular flexibility index (Phi) is 4.50. The highest BCUT2D eigenvalue weighted by Crippen LogP contribution is 2.48. The number of nitrogens with one attached hydrogen (secondary N) is 1. The van der Waals surface area contributed by atoms with Gasteiger partial charge < -0.3 is 15.2 Å². The van der Waals surface area contributed by atoms with Crippen molar-refractivity contribution in [3.63, 3.8) is 0 Å². The van der Waals surface area contributed by atoms with Crippen LogP contribution in [0.25, 0.3) is 0 Å². The largest absolute Gasteiger partial charge is 0.392 e. The first kappa shape index (κ1) is 16.1. The minimum atomic E-state index is -0.407. The monoisotopic (exact) mass is 321 g/mol. The van der Waals surface area contributed by atoms with Crippen LogP contribution in [0.3, 0.4) is 0 Å². The number of nitrogens with zero attached hydrogens (tertiary/aromatic N) is 2. The zero-order chi connectivity index (χ0) is 16.4. The van der Waals surface area contributed by atoms with Gasteiger partial charge in [0.05, 0.1) is 11.0 Å². The molecule has 126 valence electrons. The maximum Gasteiger partial charge on any atom is 0.314 e. The molecule has 0 amide bonds. The van der Waals surface area contributed by atoms with Gasteiger partial charge in [-0.1, -0.05) is 0 Å². The molecule has 0 unspecified atom stereocenters. The van der Waals surface area contributed by atoms with Crippen LogP contribution in [-0.2, 0) is 4.74 Å². The van der Waals surface area contributed by atoms with Gasteiger partial charge in [-0.2, -0.15) is 0 Å². The Morgan fingerprint density at radius 1 is 1.48 bits per heavy atom. The number of hydrogen-bond donors (Lipinski definition) is 2. The van der Waals surface area contributed by atoms with Gasteiger partial charge in [0.1, 0.15) is 0 Å². The fourth-order valence-corrected chi connectivity index (χ4v) is 3.95. The predicted octanol–water partition coefficient (Wildman–Crippen LogP) is 2.28. The van der Waals surface area contributed by atoms with E-state index in [0.29, 0.717) is 25.3 Å². The number of aliphatic hydroxyl groups is 1. The van der Waals surface area contributed by atoms with E-state index in [-0.39, 0.29) is 28.9 Å². The molecule has 0 bridgehead atoms. The average molecular weight is 321 g/mol. The molecule has 0 aromatic carbocycles. The first-order chi connectivity index (χ1) is 11.0. The van der Waals surface area contributed by atoms with Crippen molar-refractivity contribution in [1.82, 2.24) is 4.98 Å². The zero-order valence-corrected chi connectivity index (χ0v) is 13.3. The van der Waals surface area contributed by atoms with Crippen LogP contribution in [0.4, 0.5) is 11.5 Å². The predicted molar refractivity (Wildman–Crippen MR) is 85.3 cm³/mol. The van der Waals surface area contributed by atoms with E-state index in [1.165, 1.54) is 0 Å². The van der Waals surface area contributed by atoms with E-state index in [4.69, 9.17) is 4.74 Å². The Bertz CT molecular complexity index is 587. The molecule has 1 aromatic heterocycles. The van der Waals surface area contributed by atoms with Crippen molar-refractivity contribution in [2.75, 3.05) is 25.1 Å². The van der Waals surface area contributed by atoms with Crippen molar-refractivity contribution in [1.29, 1.82) is 0 Å². The third kappa shape index (κ3) is 3.03. The SMILES string of the molecule is Cc1ccnc(NC[C@H]2CCC3(CCOCC3)[C@@H]2O)c1[N+](=O)[O-]. The molecule has 2 N–H and O–H groups in total. The van der Waals surface area contributed by atoms with Gasteiger partial charge in [0.25, 0.3) is 0 Å². The molecule has 7 heteroatoms. The molecule has 2 atom stereocenters. The Hall–Kier alpha value is -1.73. The van der Waals surface area contributed by atoms with Crippen molar-refractivity contribution in [3.8, 4) is 0 Å². The molecule has 2 heterocycles. The number of hydrogen-bond acceptors (Lipinski definition) is 6. The van der Waals surface area contributed by atoms with Crippen LogP contribution in [-0.4, -0.2) is 40.9 Å². The molecule has 1 saturated carbocycles. The summed E-state index contributed by atoms with van der Waals surface area (Å²) in [5.74, 6) is 0.380. The lowest BCUT2D eigenvalue weighted by Gasteiger charge is -2.37. The first-order valence-electron chi connectivity index (χ1n) is 8.13. The molecule has 23 heavy (non-hydrogen) atoms. The van der Waals surface area contributed by atoms with E-state index in [2.05, 4.69) is 10.3 Å². The number of nitro groups is 1. The summed E-state index contributed by atoms with van der Waals surface area (Å²) in [5.41, 5.74) is 0.567. The number of aliphatic hydroxyl groups excluding tert-OH is 1. The molecule has 2 aliphatic rings. The zero-order valence-electron chi connectivity index (χ0n) is 13.3. The second-order valence-electron chi connectivity index (χ2n) is 6.68. The van der Waals surface area contributed by atoms with Gasteiger partial charge in [-0.15, -0.1) is 0 Å². The topological polar surface area (TPSA) is 97.5 Å². The molecular formula is C16H23N3O4. The lowest BCUT2D eigenvalue weighted by molar-refractivity contribution is -0.384. The minimum absolute atomic E-state index is 0.0146. The van der Waals surface area contributed by atoms with Crippen molar-refractivity contribution in [2.45, 2.75) is 38.7 Å². The van der Waals surface area contributed by atoms with Crippen LogP contribution >= 0.6 is 0 Å². The number of aryl methyl sites for hydroxylation is 1. The standard InChI is InChI=1S/C16H23N3O4/c1-11-3-7-17-15(13(11)19(21)22)18-10-12-2-4-16(14(12)20)5-8-23-9-6-16/h3,7,12,14,20H,2,4-6,8-10H2,1H3,(H,17,18)/t12-,14-/m1/s1. The van der Waals surface area contributed by atoms with E-state index in [1.807, 2.05) is 0 Å². The van der Waals surface area contributed by atoms with Gasteiger partial charge in [-0.05, 0) is 38.7 Å². The highest BCUT2D eigenvalue weighted by Gasteiger charge is 2.48. The number of ether oxygens (including phenoxy) is 1. The summed E-state index contributed by atoms with van der Waals surface area (Å²) in [5, 5.41) is 25.0. The first-order valence-corrected chi connectivity index (χ1v) is 8.13. The summed E-state index contributed by atoms with van der Waals surface area (Å²) < 4.78 is 5.41. The Morgan fingerprint density at radius 3 is 2.91 bits per heavy atom. The molecule has 2 fully saturated rings. The third-order valence-corrected chi connectivity index (χ3v) is 5.42. The van der Waals surface area contributed by atoms with Gasteiger partial charge in [0.15, 0.2) is 0 Å². The smallest absolute Gasteiger partial charge is 0.314 e. The second kappa shape index (κ2) is 6.41. The van der Waals surface area contributed by atoms with E-state index in [9.17, 15) is 15.2 Å². The van der Waals surface area contributed by atoms with E-state index in [1.54, 1.807) is 19.2 Å². The van der Waals surface area contributed by atoms with Crippen molar-refractivity contribution < 1.29 is 14.8 Å². The van der Waals surface area contributed by atoms with Crippen LogP contribution in [0.1, 0.15) is 31.2 Å². The fourth-order valence-electron chi connectivity index (χ4n) is 3.95. The quantitative estimate of drug-likeness (QED) is 0.652. The molecule has 1 aliphatic carbocycles.